The van der Waals surface area contributed by atoms with Gasteiger partial charge in [-0.3, -0.25) is 14.4 Å². The van der Waals surface area contributed by atoms with E-state index < -0.39 is 5.97 Å². The van der Waals surface area contributed by atoms with Gasteiger partial charge in [0, 0.05) is 31.8 Å². The lowest BCUT2D eigenvalue weighted by atomic mass is 10.1. The van der Waals surface area contributed by atoms with Gasteiger partial charge in [-0.2, -0.15) is 0 Å². The minimum absolute atomic E-state index is 0.0144. The number of ether oxygens (including phenoxy) is 2. The molecule has 0 spiro atoms. The lowest BCUT2D eigenvalue weighted by molar-refractivity contribution is -0.132. The van der Waals surface area contributed by atoms with Crippen molar-refractivity contribution in [2.24, 2.45) is 0 Å². The molecule has 0 aliphatic carbocycles. The first-order chi connectivity index (χ1) is 12.5. The number of carbonyl (C=O) groups excluding carboxylic acids is 3. The van der Waals surface area contributed by atoms with Crippen molar-refractivity contribution in [1.82, 2.24) is 5.32 Å². The van der Waals surface area contributed by atoms with Gasteiger partial charge in [0.25, 0.3) is 5.91 Å². The summed E-state index contributed by atoms with van der Waals surface area (Å²) in [5, 5.41) is 5.48. The first kappa shape index (κ1) is 19.1. The minimum Gasteiger partial charge on any atom is -0.427 e. The fraction of sp³-hybridized carbons (Fsp3) is 0.211. The molecule has 0 unspecified atom stereocenters. The molecule has 136 valence electrons. The van der Waals surface area contributed by atoms with Crippen LogP contribution in [0.15, 0.2) is 48.5 Å². The Morgan fingerprint density at radius 1 is 1.04 bits per heavy atom. The highest BCUT2D eigenvalue weighted by molar-refractivity contribution is 6.04. The van der Waals surface area contributed by atoms with Crippen LogP contribution in [0.5, 0.6) is 5.75 Å². The number of carbonyl (C=O) groups is 3. The first-order valence-electron chi connectivity index (χ1n) is 7.92. The first-order valence-corrected chi connectivity index (χ1v) is 7.92. The second kappa shape index (κ2) is 9.33. The molecule has 2 amide bonds. The monoisotopic (exact) mass is 356 g/mol. The van der Waals surface area contributed by atoms with Crippen molar-refractivity contribution in [1.29, 1.82) is 0 Å². The summed E-state index contributed by atoms with van der Waals surface area (Å²) in [7, 11) is 1.46. The molecule has 0 saturated heterocycles. The predicted molar refractivity (Wildman–Crippen MR) is 95.9 cm³/mol. The lowest BCUT2D eigenvalue weighted by Gasteiger charge is -2.08. The van der Waals surface area contributed by atoms with Crippen LogP contribution in [0.4, 0.5) is 5.69 Å². The molecule has 0 fully saturated rings. The summed E-state index contributed by atoms with van der Waals surface area (Å²) in [5.74, 6) is -0.652. The molecule has 0 radical (unpaired) electrons. The maximum absolute atomic E-state index is 12.3. The number of rotatable bonds is 7. The van der Waals surface area contributed by atoms with E-state index in [1.54, 1.807) is 42.5 Å². The standard InChI is InChI=1S/C19H20N2O5/c1-13(22)26-17-5-3-4-15(10-17)19(24)21-16-8-6-14(7-9-16)11-20-18(23)12-25-2/h3-10H,11-12H2,1-2H3,(H,20,23)(H,21,24). The van der Waals surface area contributed by atoms with Crippen molar-refractivity contribution < 1.29 is 23.9 Å². The Morgan fingerprint density at radius 2 is 1.77 bits per heavy atom. The Balaban J connectivity index is 1.95. The van der Waals surface area contributed by atoms with Crippen molar-refractivity contribution in [3.8, 4) is 5.75 Å². The number of benzene rings is 2. The van der Waals surface area contributed by atoms with Crippen molar-refractivity contribution in [2.75, 3.05) is 19.0 Å². The maximum Gasteiger partial charge on any atom is 0.308 e. The molecule has 2 N–H and O–H groups in total. The highest BCUT2D eigenvalue weighted by atomic mass is 16.5. The number of amides is 2. The van der Waals surface area contributed by atoms with Crippen LogP contribution in [0.25, 0.3) is 0 Å². The SMILES string of the molecule is COCC(=O)NCc1ccc(NC(=O)c2cccc(OC(C)=O)c2)cc1. The van der Waals surface area contributed by atoms with E-state index in [1.165, 1.54) is 20.1 Å². The molecule has 0 atom stereocenters. The van der Waals surface area contributed by atoms with E-state index in [0.717, 1.165) is 5.56 Å². The number of esters is 1. The maximum atomic E-state index is 12.3. The smallest absolute Gasteiger partial charge is 0.308 e. The molecule has 0 heterocycles. The van der Waals surface area contributed by atoms with E-state index in [4.69, 9.17) is 9.47 Å². The van der Waals surface area contributed by atoms with Gasteiger partial charge in [0.2, 0.25) is 5.91 Å². The fourth-order valence-corrected chi connectivity index (χ4v) is 2.16. The summed E-state index contributed by atoms with van der Waals surface area (Å²) >= 11 is 0. The lowest BCUT2D eigenvalue weighted by Crippen LogP contribution is -2.26. The number of hydrogen-bond donors (Lipinski definition) is 2. The molecule has 2 aromatic carbocycles. The fourth-order valence-electron chi connectivity index (χ4n) is 2.16. The Labute approximate surface area is 151 Å². The van der Waals surface area contributed by atoms with E-state index >= 15 is 0 Å². The van der Waals surface area contributed by atoms with Crippen molar-refractivity contribution in [3.63, 3.8) is 0 Å². The van der Waals surface area contributed by atoms with Crippen LogP contribution in [0, 0.1) is 0 Å². The van der Waals surface area contributed by atoms with Gasteiger partial charge in [0.1, 0.15) is 12.4 Å². The van der Waals surface area contributed by atoms with Crippen molar-refractivity contribution in [3.05, 3.63) is 59.7 Å². The summed E-state index contributed by atoms with van der Waals surface area (Å²) in [6.45, 7) is 1.69. The van der Waals surface area contributed by atoms with E-state index in [9.17, 15) is 14.4 Å². The average Bonchev–Trinajstić information content (AvgIpc) is 2.61. The quantitative estimate of drug-likeness (QED) is 0.585. The van der Waals surface area contributed by atoms with Gasteiger partial charge in [-0.25, -0.2) is 0 Å². The molecular formula is C19H20N2O5. The van der Waals surface area contributed by atoms with Crippen LogP contribution in [0.2, 0.25) is 0 Å². The van der Waals surface area contributed by atoms with E-state index in [0.29, 0.717) is 23.5 Å². The second-order valence-corrected chi connectivity index (χ2v) is 5.48. The van der Waals surface area contributed by atoms with E-state index in [-0.39, 0.29) is 18.4 Å². The van der Waals surface area contributed by atoms with Gasteiger partial charge in [0.15, 0.2) is 0 Å². The summed E-state index contributed by atoms with van der Waals surface area (Å²) in [6.07, 6.45) is 0. The number of nitrogens with one attached hydrogen (secondary N) is 2. The van der Waals surface area contributed by atoms with Crippen LogP contribution in [-0.2, 0) is 20.9 Å². The largest absolute Gasteiger partial charge is 0.427 e. The molecular weight excluding hydrogens is 336 g/mol. The van der Waals surface area contributed by atoms with Crippen LogP contribution < -0.4 is 15.4 Å². The molecule has 2 aromatic rings. The van der Waals surface area contributed by atoms with Crippen molar-refractivity contribution in [2.45, 2.75) is 13.5 Å². The Hall–Kier alpha value is -3.19. The van der Waals surface area contributed by atoms with E-state index in [1.807, 2.05) is 0 Å². The normalized spacial score (nSPS) is 10.1. The number of anilines is 1. The highest BCUT2D eigenvalue weighted by Crippen LogP contribution is 2.16. The summed E-state index contributed by atoms with van der Waals surface area (Å²) < 4.78 is 9.71. The summed E-state index contributed by atoms with van der Waals surface area (Å²) in [4.78, 5) is 34.7. The summed E-state index contributed by atoms with van der Waals surface area (Å²) in [5.41, 5.74) is 1.88. The average molecular weight is 356 g/mol. The Kier molecular flexibility index (Phi) is 6.87. The zero-order valence-electron chi connectivity index (χ0n) is 14.6. The molecule has 0 bridgehead atoms. The number of methoxy groups -OCH3 is 1. The highest BCUT2D eigenvalue weighted by Gasteiger charge is 2.08. The van der Waals surface area contributed by atoms with Crippen LogP contribution in [-0.4, -0.2) is 31.5 Å². The minimum atomic E-state index is -0.448. The molecule has 0 aliphatic heterocycles. The third-order valence-corrected chi connectivity index (χ3v) is 3.33. The molecule has 0 aliphatic rings. The van der Waals surface area contributed by atoms with Gasteiger partial charge in [-0.15, -0.1) is 0 Å². The zero-order chi connectivity index (χ0) is 18.9. The van der Waals surface area contributed by atoms with Crippen LogP contribution in [0.1, 0.15) is 22.8 Å². The van der Waals surface area contributed by atoms with Gasteiger partial charge in [-0.1, -0.05) is 18.2 Å². The number of hydrogen-bond acceptors (Lipinski definition) is 5. The van der Waals surface area contributed by atoms with Crippen molar-refractivity contribution >= 4 is 23.5 Å². The van der Waals surface area contributed by atoms with Crippen LogP contribution >= 0.6 is 0 Å². The summed E-state index contributed by atoms with van der Waals surface area (Å²) in [6, 6.07) is 13.5. The second-order valence-electron chi connectivity index (χ2n) is 5.48. The molecule has 7 heteroatoms. The Bertz CT molecular complexity index is 787. The predicted octanol–water partition coefficient (Wildman–Crippen LogP) is 2.13. The van der Waals surface area contributed by atoms with Gasteiger partial charge in [0.05, 0.1) is 0 Å². The molecule has 0 aromatic heterocycles. The molecule has 26 heavy (non-hydrogen) atoms. The third kappa shape index (κ3) is 6.03. The van der Waals surface area contributed by atoms with Crippen LogP contribution in [0.3, 0.4) is 0 Å². The topological polar surface area (TPSA) is 93.7 Å². The molecule has 2 rings (SSSR count). The van der Waals surface area contributed by atoms with Gasteiger partial charge < -0.3 is 20.1 Å². The molecule has 0 saturated carbocycles. The third-order valence-electron chi connectivity index (χ3n) is 3.33. The van der Waals surface area contributed by atoms with Gasteiger partial charge >= 0.3 is 5.97 Å². The Morgan fingerprint density at radius 3 is 2.42 bits per heavy atom. The zero-order valence-corrected chi connectivity index (χ0v) is 14.6. The van der Waals surface area contributed by atoms with E-state index in [2.05, 4.69) is 10.6 Å². The molecule has 7 nitrogen and oxygen atoms in total. The van der Waals surface area contributed by atoms with Gasteiger partial charge in [-0.05, 0) is 35.9 Å².